The fourth-order valence-corrected chi connectivity index (χ4v) is 3.31. The highest BCUT2D eigenvalue weighted by Gasteiger charge is 2.22. The van der Waals surface area contributed by atoms with Crippen LogP contribution < -0.4 is 5.32 Å². The van der Waals surface area contributed by atoms with E-state index in [0.29, 0.717) is 5.00 Å². The summed E-state index contributed by atoms with van der Waals surface area (Å²) in [5, 5.41) is 3.24. The summed E-state index contributed by atoms with van der Waals surface area (Å²) in [6.07, 6.45) is 0. The van der Waals surface area contributed by atoms with Crippen molar-refractivity contribution in [1.29, 1.82) is 0 Å². The van der Waals surface area contributed by atoms with Gasteiger partial charge in [-0.05, 0) is 31.5 Å². The fourth-order valence-electron chi connectivity index (χ4n) is 2.00. The van der Waals surface area contributed by atoms with Crippen molar-refractivity contribution in [2.45, 2.75) is 27.4 Å². The highest BCUT2D eigenvalue weighted by Crippen LogP contribution is 2.33. The molecule has 2 aromatic rings. The van der Waals surface area contributed by atoms with Gasteiger partial charge in [-0.15, -0.1) is 11.3 Å². The van der Waals surface area contributed by atoms with Gasteiger partial charge in [0.15, 0.2) is 0 Å². The molecule has 23 heavy (non-hydrogen) atoms. The van der Waals surface area contributed by atoms with Crippen molar-refractivity contribution in [3.05, 3.63) is 50.6 Å². The van der Waals surface area contributed by atoms with E-state index >= 15 is 0 Å². The molecule has 122 valence electrons. The quantitative estimate of drug-likeness (QED) is 0.823. The van der Waals surface area contributed by atoms with Crippen molar-refractivity contribution in [3.63, 3.8) is 0 Å². The molecule has 0 spiro atoms. The first-order valence-corrected chi connectivity index (χ1v) is 7.98. The average molecular weight is 356 g/mol. The molecular weight excluding hydrogens is 341 g/mol. The Kier molecular flexibility index (Phi) is 5.38. The molecule has 0 aliphatic rings. The Hall–Kier alpha value is -1.92. The summed E-state index contributed by atoms with van der Waals surface area (Å²) >= 11 is 7.20. The van der Waals surface area contributed by atoms with E-state index in [9.17, 15) is 14.0 Å². The minimum absolute atomic E-state index is 0.119. The molecule has 4 nitrogen and oxygen atoms in total. The van der Waals surface area contributed by atoms with Gasteiger partial charge in [0.1, 0.15) is 17.4 Å². The van der Waals surface area contributed by atoms with E-state index in [2.05, 4.69) is 5.32 Å². The number of hydrogen-bond acceptors (Lipinski definition) is 4. The summed E-state index contributed by atoms with van der Waals surface area (Å²) in [7, 11) is 0. The van der Waals surface area contributed by atoms with Gasteiger partial charge >= 0.3 is 5.97 Å². The molecule has 1 amide bonds. The number of amides is 1. The number of nitrogens with one attached hydrogen (secondary N) is 1. The van der Waals surface area contributed by atoms with Gasteiger partial charge in [0, 0.05) is 17.4 Å². The molecule has 0 aliphatic carbocycles. The van der Waals surface area contributed by atoms with Gasteiger partial charge in [0.05, 0.1) is 10.6 Å². The van der Waals surface area contributed by atoms with Crippen LogP contribution in [0.25, 0.3) is 0 Å². The predicted molar refractivity (Wildman–Crippen MR) is 88.6 cm³/mol. The lowest BCUT2D eigenvalue weighted by atomic mass is 10.1. The Bertz CT molecular complexity index is 753. The second-order valence-electron chi connectivity index (χ2n) is 4.94. The van der Waals surface area contributed by atoms with Crippen LogP contribution in [0.4, 0.5) is 9.39 Å². The van der Waals surface area contributed by atoms with Crippen molar-refractivity contribution < 1.29 is 18.7 Å². The van der Waals surface area contributed by atoms with Gasteiger partial charge in [-0.3, -0.25) is 4.79 Å². The van der Waals surface area contributed by atoms with Gasteiger partial charge in [-0.25, -0.2) is 9.18 Å². The first-order chi connectivity index (χ1) is 10.8. The molecular formula is C16H15ClFNO3S. The number of carbonyl (C=O) groups is 2. The van der Waals surface area contributed by atoms with Crippen molar-refractivity contribution in [2.75, 3.05) is 5.32 Å². The summed E-state index contributed by atoms with van der Waals surface area (Å²) < 4.78 is 18.9. The Morgan fingerprint density at radius 1 is 1.35 bits per heavy atom. The molecule has 0 saturated heterocycles. The lowest BCUT2D eigenvalue weighted by molar-refractivity contribution is -0.114. The van der Waals surface area contributed by atoms with Gasteiger partial charge in [-0.2, -0.15) is 0 Å². The highest BCUT2D eigenvalue weighted by atomic mass is 35.5. The molecule has 1 N–H and O–H groups in total. The molecule has 0 aliphatic heterocycles. The van der Waals surface area contributed by atoms with Crippen molar-refractivity contribution in [3.8, 4) is 0 Å². The molecule has 1 aromatic heterocycles. The third kappa shape index (κ3) is 3.89. The zero-order chi connectivity index (χ0) is 17.1. The van der Waals surface area contributed by atoms with Crippen molar-refractivity contribution >= 4 is 39.8 Å². The lowest BCUT2D eigenvalue weighted by Gasteiger charge is -2.09. The number of rotatable bonds is 4. The standard InChI is InChI=1S/C16H15ClFNO3S/c1-8-9(2)23-15(19-10(3)20)14(8)16(21)22-7-11-12(17)5-4-6-13(11)18/h4-6H,7H2,1-3H3,(H,19,20). The zero-order valence-corrected chi connectivity index (χ0v) is 14.4. The van der Waals surface area contributed by atoms with Crippen LogP contribution in [0.2, 0.25) is 5.02 Å². The predicted octanol–water partition coefficient (Wildman–Crippen LogP) is 4.47. The van der Waals surface area contributed by atoms with Crippen LogP contribution in [0.5, 0.6) is 0 Å². The van der Waals surface area contributed by atoms with E-state index in [1.54, 1.807) is 6.92 Å². The Morgan fingerprint density at radius 2 is 2.04 bits per heavy atom. The number of ether oxygens (including phenoxy) is 1. The molecule has 0 unspecified atom stereocenters. The molecule has 2 rings (SSSR count). The molecule has 0 fully saturated rings. The van der Waals surface area contributed by atoms with Gasteiger partial charge < -0.3 is 10.1 Å². The molecule has 0 atom stereocenters. The largest absolute Gasteiger partial charge is 0.457 e. The second-order valence-corrected chi connectivity index (χ2v) is 6.58. The van der Waals surface area contributed by atoms with Crippen LogP contribution in [0.15, 0.2) is 18.2 Å². The normalized spacial score (nSPS) is 10.5. The summed E-state index contributed by atoms with van der Waals surface area (Å²) in [6, 6.07) is 4.25. The average Bonchev–Trinajstić information content (AvgIpc) is 2.72. The molecule has 0 bridgehead atoms. The summed E-state index contributed by atoms with van der Waals surface area (Å²) in [5.41, 5.74) is 1.13. The Morgan fingerprint density at radius 3 is 2.65 bits per heavy atom. The molecule has 7 heteroatoms. The van der Waals surface area contributed by atoms with E-state index in [1.807, 2.05) is 6.92 Å². The van der Waals surface area contributed by atoms with Crippen LogP contribution >= 0.6 is 22.9 Å². The maximum Gasteiger partial charge on any atom is 0.341 e. The lowest BCUT2D eigenvalue weighted by Crippen LogP contribution is -2.12. The van der Waals surface area contributed by atoms with Gasteiger partial charge in [0.25, 0.3) is 0 Å². The molecule has 1 aromatic carbocycles. The fraction of sp³-hybridized carbons (Fsp3) is 0.250. The SMILES string of the molecule is CC(=O)Nc1sc(C)c(C)c1C(=O)OCc1c(F)cccc1Cl. The first-order valence-electron chi connectivity index (χ1n) is 6.78. The molecule has 0 radical (unpaired) electrons. The number of halogens is 2. The monoisotopic (exact) mass is 355 g/mol. The second kappa shape index (κ2) is 7.10. The summed E-state index contributed by atoms with van der Waals surface area (Å²) in [6.45, 7) is 4.69. The Labute approximate surface area is 142 Å². The smallest absolute Gasteiger partial charge is 0.341 e. The van der Waals surface area contributed by atoms with Crippen LogP contribution in [-0.4, -0.2) is 11.9 Å². The minimum Gasteiger partial charge on any atom is -0.457 e. The van der Waals surface area contributed by atoms with Gasteiger partial charge in [0.2, 0.25) is 5.91 Å². The number of carbonyl (C=O) groups excluding carboxylic acids is 2. The van der Waals surface area contributed by atoms with Crippen LogP contribution in [-0.2, 0) is 16.1 Å². The number of hydrogen-bond donors (Lipinski definition) is 1. The Balaban J connectivity index is 2.23. The van der Waals surface area contributed by atoms with E-state index in [1.165, 1.54) is 36.5 Å². The van der Waals surface area contributed by atoms with E-state index in [-0.39, 0.29) is 28.7 Å². The maximum absolute atomic E-state index is 13.7. The third-order valence-electron chi connectivity index (χ3n) is 3.29. The number of benzene rings is 1. The molecule has 0 saturated carbocycles. The highest BCUT2D eigenvalue weighted by molar-refractivity contribution is 7.16. The van der Waals surface area contributed by atoms with Crippen LogP contribution in [0.3, 0.4) is 0 Å². The first kappa shape index (κ1) is 17.4. The van der Waals surface area contributed by atoms with E-state index < -0.39 is 11.8 Å². The number of aryl methyl sites for hydroxylation is 1. The van der Waals surface area contributed by atoms with Gasteiger partial charge in [-0.1, -0.05) is 17.7 Å². The maximum atomic E-state index is 13.7. The number of thiophene rings is 1. The topological polar surface area (TPSA) is 55.4 Å². The van der Waals surface area contributed by atoms with E-state index in [0.717, 1.165) is 10.4 Å². The van der Waals surface area contributed by atoms with E-state index in [4.69, 9.17) is 16.3 Å². The summed E-state index contributed by atoms with van der Waals surface area (Å²) in [4.78, 5) is 24.5. The van der Waals surface area contributed by atoms with Crippen molar-refractivity contribution in [2.24, 2.45) is 0 Å². The summed E-state index contributed by atoms with van der Waals surface area (Å²) in [5.74, 6) is -1.45. The number of esters is 1. The minimum atomic E-state index is -0.630. The molecule has 1 heterocycles. The van der Waals surface area contributed by atoms with Crippen LogP contribution in [0, 0.1) is 19.7 Å². The van der Waals surface area contributed by atoms with Crippen molar-refractivity contribution in [1.82, 2.24) is 0 Å². The van der Waals surface area contributed by atoms with Crippen LogP contribution in [0.1, 0.15) is 33.3 Å². The third-order valence-corrected chi connectivity index (χ3v) is 4.77. The number of anilines is 1. The zero-order valence-electron chi connectivity index (χ0n) is 12.8.